The van der Waals surface area contributed by atoms with Gasteiger partial charge in [0.05, 0.1) is 11.1 Å². The quantitative estimate of drug-likeness (QED) is 0.661. The highest BCUT2D eigenvalue weighted by Crippen LogP contribution is 2.31. The van der Waals surface area contributed by atoms with Crippen LogP contribution in [-0.4, -0.2) is 18.5 Å². The molecule has 2 aromatic rings. The van der Waals surface area contributed by atoms with Crippen molar-refractivity contribution in [2.45, 2.75) is 12.7 Å². The van der Waals surface area contributed by atoms with Crippen molar-refractivity contribution in [3.05, 3.63) is 71.0 Å². The van der Waals surface area contributed by atoms with Gasteiger partial charge in [-0.3, -0.25) is 4.79 Å². The number of hydrogen-bond donors (Lipinski definition) is 1. The van der Waals surface area contributed by atoms with Gasteiger partial charge in [0, 0.05) is 6.54 Å². The zero-order chi connectivity index (χ0) is 18.4. The number of nitrogens with one attached hydrogen (secondary N) is 1. The SMILES string of the molecule is O=C(COC(=O)c1ccc(F)cc1)NCc1ccccc1C(F)(F)F. The van der Waals surface area contributed by atoms with Gasteiger partial charge in [-0.15, -0.1) is 0 Å². The van der Waals surface area contributed by atoms with E-state index < -0.39 is 36.0 Å². The van der Waals surface area contributed by atoms with E-state index in [-0.39, 0.29) is 17.7 Å². The lowest BCUT2D eigenvalue weighted by Crippen LogP contribution is -2.29. The van der Waals surface area contributed by atoms with Crippen LogP contribution < -0.4 is 5.32 Å². The Morgan fingerprint density at radius 3 is 2.28 bits per heavy atom. The first-order valence-corrected chi connectivity index (χ1v) is 7.12. The molecule has 0 aromatic heterocycles. The summed E-state index contributed by atoms with van der Waals surface area (Å²) in [7, 11) is 0. The Hall–Kier alpha value is -2.90. The summed E-state index contributed by atoms with van der Waals surface area (Å²) in [6.07, 6.45) is -4.53. The monoisotopic (exact) mass is 355 g/mol. The number of hydrogen-bond acceptors (Lipinski definition) is 3. The van der Waals surface area contributed by atoms with Crippen LogP contribution in [0.1, 0.15) is 21.5 Å². The zero-order valence-electron chi connectivity index (χ0n) is 12.8. The molecule has 2 aromatic carbocycles. The number of rotatable bonds is 5. The van der Waals surface area contributed by atoms with Crippen molar-refractivity contribution in [1.82, 2.24) is 5.32 Å². The van der Waals surface area contributed by atoms with Gasteiger partial charge >= 0.3 is 12.1 Å². The zero-order valence-corrected chi connectivity index (χ0v) is 12.8. The first kappa shape index (κ1) is 18.4. The summed E-state index contributed by atoms with van der Waals surface area (Å²) < 4.78 is 56.0. The van der Waals surface area contributed by atoms with E-state index >= 15 is 0 Å². The Balaban J connectivity index is 1.87. The Morgan fingerprint density at radius 2 is 1.64 bits per heavy atom. The fraction of sp³-hybridized carbons (Fsp3) is 0.176. The molecule has 1 amide bonds. The third kappa shape index (κ3) is 5.30. The van der Waals surface area contributed by atoms with E-state index in [1.54, 1.807) is 0 Å². The molecule has 0 saturated heterocycles. The first-order valence-electron chi connectivity index (χ1n) is 7.12. The molecule has 2 rings (SSSR count). The maximum Gasteiger partial charge on any atom is 0.416 e. The van der Waals surface area contributed by atoms with Crippen LogP contribution in [0.3, 0.4) is 0 Å². The summed E-state index contributed by atoms with van der Waals surface area (Å²) in [5.74, 6) is -2.13. The molecule has 0 saturated carbocycles. The number of amides is 1. The minimum Gasteiger partial charge on any atom is -0.452 e. The summed E-state index contributed by atoms with van der Waals surface area (Å²) in [6, 6.07) is 9.33. The number of carbonyl (C=O) groups excluding carboxylic acids is 2. The van der Waals surface area contributed by atoms with Crippen LogP contribution in [0.25, 0.3) is 0 Å². The molecule has 0 aliphatic rings. The molecule has 0 heterocycles. The maximum absolute atomic E-state index is 12.8. The van der Waals surface area contributed by atoms with Crippen molar-refractivity contribution in [3.8, 4) is 0 Å². The van der Waals surface area contributed by atoms with E-state index in [0.29, 0.717) is 0 Å². The number of alkyl halides is 3. The van der Waals surface area contributed by atoms with E-state index in [2.05, 4.69) is 5.32 Å². The van der Waals surface area contributed by atoms with Crippen LogP contribution in [0.2, 0.25) is 0 Å². The number of carbonyl (C=O) groups is 2. The van der Waals surface area contributed by atoms with Crippen molar-refractivity contribution in [2.24, 2.45) is 0 Å². The number of benzene rings is 2. The smallest absolute Gasteiger partial charge is 0.416 e. The second-order valence-corrected chi connectivity index (χ2v) is 5.01. The Labute approximate surface area is 140 Å². The molecule has 4 nitrogen and oxygen atoms in total. The van der Waals surface area contributed by atoms with E-state index in [9.17, 15) is 27.2 Å². The maximum atomic E-state index is 12.8. The predicted octanol–water partition coefficient (Wildman–Crippen LogP) is 3.32. The van der Waals surface area contributed by atoms with E-state index in [4.69, 9.17) is 4.74 Å². The summed E-state index contributed by atoms with van der Waals surface area (Å²) in [5, 5.41) is 2.25. The largest absolute Gasteiger partial charge is 0.452 e. The molecule has 0 fully saturated rings. The first-order chi connectivity index (χ1) is 11.8. The van der Waals surface area contributed by atoms with Gasteiger partial charge in [0.25, 0.3) is 5.91 Å². The summed E-state index contributed by atoms with van der Waals surface area (Å²) in [4.78, 5) is 23.3. The molecule has 25 heavy (non-hydrogen) atoms. The normalized spacial score (nSPS) is 11.0. The Morgan fingerprint density at radius 1 is 1.00 bits per heavy atom. The van der Waals surface area contributed by atoms with Crippen molar-refractivity contribution in [3.63, 3.8) is 0 Å². The lowest BCUT2D eigenvalue weighted by molar-refractivity contribution is -0.138. The van der Waals surface area contributed by atoms with Gasteiger partial charge in [0.15, 0.2) is 6.61 Å². The van der Waals surface area contributed by atoms with Gasteiger partial charge in [-0.25, -0.2) is 9.18 Å². The third-order valence-corrected chi connectivity index (χ3v) is 3.21. The topological polar surface area (TPSA) is 55.4 Å². The molecule has 8 heteroatoms. The van der Waals surface area contributed by atoms with Gasteiger partial charge in [-0.1, -0.05) is 18.2 Å². The highest BCUT2D eigenvalue weighted by Gasteiger charge is 2.32. The lowest BCUT2D eigenvalue weighted by Gasteiger charge is -2.13. The second-order valence-electron chi connectivity index (χ2n) is 5.01. The molecule has 0 bridgehead atoms. The second kappa shape index (κ2) is 7.78. The van der Waals surface area contributed by atoms with Crippen LogP contribution in [-0.2, 0) is 22.3 Å². The minimum atomic E-state index is -4.53. The summed E-state index contributed by atoms with van der Waals surface area (Å²) >= 11 is 0. The molecule has 0 unspecified atom stereocenters. The standard InChI is InChI=1S/C17H13F4NO3/c18-13-7-5-11(6-8-13)16(24)25-10-15(23)22-9-12-3-1-2-4-14(12)17(19,20)21/h1-8H,9-10H2,(H,22,23). The van der Waals surface area contributed by atoms with Crippen molar-refractivity contribution in [2.75, 3.05) is 6.61 Å². The molecule has 0 atom stereocenters. The van der Waals surface area contributed by atoms with Crippen molar-refractivity contribution >= 4 is 11.9 Å². The molecular weight excluding hydrogens is 342 g/mol. The molecule has 1 N–H and O–H groups in total. The lowest BCUT2D eigenvalue weighted by atomic mass is 10.1. The highest BCUT2D eigenvalue weighted by molar-refractivity contribution is 5.91. The van der Waals surface area contributed by atoms with Gasteiger partial charge in [-0.2, -0.15) is 13.2 Å². The van der Waals surface area contributed by atoms with E-state index in [0.717, 1.165) is 18.2 Å². The Bertz CT molecular complexity index is 757. The van der Waals surface area contributed by atoms with Gasteiger partial charge < -0.3 is 10.1 Å². The molecule has 0 aliphatic carbocycles. The molecule has 0 aliphatic heterocycles. The number of halogens is 4. The summed E-state index contributed by atoms with van der Waals surface area (Å²) in [5.41, 5.74) is -0.900. The summed E-state index contributed by atoms with van der Waals surface area (Å²) in [6.45, 7) is -1.02. The van der Waals surface area contributed by atoms with Crippen LogP contribution in [0.4, 0.5) is 17.6 Å². The molecular formula is C17H13F4NO3. The molecule has 0 spiro atoms. The van der Waals surface area contributed by atoms with E-state index in [1.165, 1.54) is 30.3 Å². The minimum absolute atomic E-state index is 0.0524. The average Bonchev–Trinajstić information content (AvgIpc) is 2.58. The van der Waals surface area contributed by atoms with Crippen molar-refractivity contribution < 1.29 is 31.9 Å². The highest BCUT2D eigenvalue weighted by atomic mass is 19.4. The Kier molecular flexibility index (Phi) is 5.74. The number of ether oxygens (including phenoxy) is 1. The number of esters is 1. The molecule has 0 radical (unpaired) electrons. The third-order valence-electron chi connectivity index (χ3n) is 3.21. The van der Waals surface area contributed by atoms with Crippen LogP contribution in [0.15, 0.2) is 48.5 Å². The van der Waals surface area contributed by atoms with Gasteiger partial charge in [0.2, 0.25) is 0 Å². The van der Waals surface area contributed by atoms with E-state index in [1.807, 2.05) is 0 Å². The predicted molar refractivity (Wildman–Crippen MR) is 80.0 cm³/mol. The van der Waals surface area contributed by atoms with Crippen LogP contribution >= 0.6 is 0 Å². The van der Waals surface area contributed by atoms with Gasteiger partial charge in [-0.05, 0) is 35.9 Å². The average molecular weight is 355 g/mol. The fourth-order valence-corrected chi connectivity index (χ4v) is 2.00. The fourth-order valence-electron chi connectivity index (χ4n) is 2.00. The van der Waals surface area contributed by atoms with Crippen LogP contribution in [0.5, 0.6) is 0 Å². The van der Waals surface area contributed by atoms with Crippen LogP contribution in [0, 0.1) is 5.82 Å². The molecule has 132 valence electrons. The van der Waals surface area contributed by atoms with Gasteiger partial charge in [0.1, 0.15) is 5.82 Å². The van der Waals surface area contributed by atoms with Crippen molar-refractivity contribution in [1.29, 1.82) is 0 Å².